The molecule has 35 heavy (non-hydrogen) atoms. The molecule has 2 aromatic carbocycles. The maximum absolute atomic E-state index is 12.4. The molecule has 0 saturated carbocycles. The van der Waals surface area contributed by atoms with E-state index in [-0.39, 0.29) is 31.9 Å². The Kier molecular flexibility index (Phi) is 8.34. The van der Waals surface area contributed by atoms with Crippen LogP contribution in [0.1, 0.15) is 50.7 Å². The van der Waals surface area contributed by atoms with Crippen LogP contribution < -0.4 is 10.6 Å². The summed E-state index contributed by atoms with van der Waals surface area (Å²) in [6.45, 7) is 5.11. The van der Waals surface area contributed by atoms with Gasteiger partial charge in [-0.1, -0.05) is 48.5 Å². The summed E-state index contributed by atoms with van der Waals surface area (Å²) in [4.78, 5) is 35.7. The van der Waals surface area contributed by atoms with E-state index in [1.165, 1.54) is 0 Å². The average molecular weight is 485 g/mol. The lowest BCUT2D eigenvalue weighted by atomic mass is 9.98. The number of carboxylic acids is 1. The van der Waals surface area contributed by atoms with E-state index in [4.69, 9.17) is 9.47 Å². The minimum Gasteiger partial charge on any atom is -0.480 e. The van der Waals surface area contributed by atoms with E-state index in [1.54, 1.807) is 20.8 Å². The number of hydrogen-bond donors (Lipinski definition) is 4. The number of nitrogens with one attached hydrogen (secondary N) is 2. The van der Waals surface area contributed by atoms with Gasteiger partial charge in [0.25, 0.3) is 0 Å². The molecule has 1 aliphatic rings. The van der Waals surface area contributed by atoms with E-state index >= 15 is 0 Å². The zero-order valence-corrected chi connectivity index (χ0v) is 20.1. The molecule has 0 aliphatic heterocycles. The molecule has 0 fully saturated rings. The number of benzene rings is 2. The third-order valence-electron chi connectivity index (χ3n) is 5.60. The molecular weight excluding hydrogens is 452 g/mol. The third kappa shape index (κ3) is 7.19. The highest BCUT2D eigenvalue weighted by atomic mass is 16.6. The summed E-state index contributed by atoms with van der Waals surface area (Å²) in [5.41, 5.74) is 3.62. The molecule has 0 bridgehead atoms. The Balaban J connectivity index is 1.49. The minimum atomic E-state index is -1.25. The van der Waals surface area contributed by atoms with E-state index in [0.29, 0.717) is 0 Å². The van der Waals surface area contributed by atoms with Gasteiger partial charge in [-0.3, -0.25) is 0 Å². The van der Waals surface area contributed by atoms with Gasteiger partial charge in [0.2, 0.25) is 0 Å². The van der Waals surface area contributed by atoms with Crippen LogP contribution in [0, 0.1) is 0 Å². The van der Waals surface area contributed by atoms with Gasteiger partial charge in [0.15, 0.2) is 0 Å². The SMILES string of the molecule is CC(C)(C)OC(=O)NCC(O)CCC(NC(=O)OCC1c2ccccc2-c2ccccc21)C(=O)O. The number of aliphatic carboxylic acids is 1. The minimum absolute atomic E-state index is 0.0381. The number of carboxylic acid groups (broad SMARTS) is 1. The Morgan fingerprint density at radius 1 is 0.943 bits per heavy atom. The number of ether oxygens (including phenoxy) is 2. The maximum atomic E-state index is 12.4. The topological polar surface area (TPSA) is 134 Å². The van der Waals surface area contributed by atoms with Crippen LogP contribution in [0.15, 0.2) is 48.5 Å². The van der Waals surface area contributed by atoms with E-state index in [1.807, 2.05) is 48.5 Å². The van der Waals surface area contributed by atoms with Crippen LogP contribution in [0.5, 0.6) is 0 Å². The number of aliphatic hydroxyl groups excluding tert-OH is 1. The van der Waals surface area contributed by atoms with Crippen LogP contribution in [0.2, 0.25) is 0 Å². The number of carbonyl (C=O) groups excluding carboxylic acids is 2. The average Bonchev–Trinajstić information content (AvgIpc) is 3.11. The molecule has 4 N–H and O–H groups in total. The molecule has 0 radical (unpaired) electrons. The monoisotopic (exact) mass is 484 g/mol. The van der Waals surface area contributed by atoms with Crippen molar-refractivity contribution < 1.29 is 34.1 Å². The Hall–Kier alpha value is -3.59. The first-order valence-electron chi connectivity index (χ1n) is 11.5. The quantitative estimate of drug-likeness (QED) is 0.427. The third-order valence-corrected chi connectivity index (χ3v) is 5.60. The van der Waals surface area contributed by atoms with Crippen molar-refractivity contribution >= 4 is 18.2 Å². The zero-order valence-electron chi connectivity index (χ0n) is 20.1. The number of rotatable bonds is 9. The molecule has 2 atom stereocenters. The second-order valence-electron chi connectivity index (χ2n) is 9.47. The Labute approximate surface area is 204 Å². The van der Waals surface area contributed by atoms with Crippen molar-refractivity contribution in [3.63, 3.8) is 0 Å². The first-order valence-corrected chi connectivity index (χ1v) is 11.5. The summed E-state index contributed by atoms with van der Waals surface area (Å²) in [5, 5.41) is 24.4. The van der Waals surface area contributed by atoms with E-state index < -0.39 is 35.9 Å². The second-order valence-corrected chi connectivity index (χ2v) is 9.47. The normalized spacial score (nSPS) is 14.3. The highest BCUT2D eigenvalue weighted by Gasteiger charge is 2.30. The van der Waals surface area contributed by atoms with Gasteiger partial charge in [0.1, 0.15) is 18.2 Å². The van der Waals surface area contributed by atoms with Crippen LogP contribution in [0.4, 0.5) is 9.59 Å². The van der Waals surface area contributed by atoms with E-state index in [2.05, 4.69) is 10.6 Å². The first-order chi connectivity index (χ1) is 16.5. The van der Waals surface area contributed by atoms with Crippen LogP contribution >= 0.6 is 0 Å². The molecule has 0 heterocycles. The molecule has 2 amide bonds. The molecule has 0 spiro atoms. The van der Waals surface area contributed by atoms with E-state index in [9.17, 15) is 24.6 Å². The lowest BCUT2D eigenvalue weighted by Crippen LogP contribution is -2.42. The van der Waals surface area contributed by atoms with Crippen molar-refractivity contribution in [3.8, 4) is 11.1 Å². The van der Waals surface area contributed by atoms with Crippen LogP contribution in [0.3, 0.4) is 0 Å². The van der Waals surface area contributed by atoms with Crippen molar-refractivity contribution in [3.05, 3.63) is 59.7 Å². The molecule has 188 valence electrons. The molecule has 1 aliphatic carbocycles. The smallest absolute Gasteiger partial charge is 0.407 e. The fourth-order valence-corrected chi connectivity index (χ4v) is 4.02. The Morgan fingerprint density at radius 3 is 2.06 bits per heavy atom. The van der Waals surface area contributed by atoms with Gasteiger partial charge in [0.05, 0.1) is 6.10 Å². The summed E-state index contributed by atoms with van der Waals surface area (Å²) in [6, 6.07) is 14.6. The fraction of sp³-hybridized carbons (Fsp3) is 0.423. The fourth-order valence-electron chi connectivity index (χ4n) is 4.02. The van der Waals surface area contributed by atoms with Gasteiger partial charge < -0.3 is 30.3 Å². The summed E-state index contributed by atoms with van der Waals surface area (Å²) >= 11 is 0. The van der Waals surface area contributed by atoms with Gasteiger partial charge >= 0.3 is 18.2 Å². The standard InChI is InChI=1S/C26H32N2O7/c1-26(2,3)35-24(32)27-14-16(29)12-13-22(23(30)31)28-25(33)34-15-21-19-10-6-4-8-17(19)18-9-5-7-11-20(18)21/h4-11,16,21-22,29H,12-15H2,1-3H3,(H,27,32)(H,28,33)(H,30,31). The van der Waals surface area contributed by atoms with Crippen LogP contribution in [0.25, 0.3) is 11.1 Å². The van der Waals surface area contributed by atoms with Crippen molar-refractivity contribution in [1.82, 2.24) is 10.6 Å². The van der Waals surface area contributed by atoms with Crippen LogP contribution in [-0.4, -0.2) is 59.3 Å². The Bertz CT molecular complexity index is 1020. The summed E-state index contributed by atoms with van der Waals surface area (Å²) in [6.07, 6.45) is -2.54. The van der Waals surface area contributed by atoms with Gasteiger partial charge in [-0.15, -0.1) is 0 Å². The number of carbonyl (C=O) groups is 3. The largest absolute Gasteiger partial charge is 0.480 e. The molecule has 9 heteroatoms. The molecule has 9 nitrogen and oxygen atoms in total. The molecule has 2 unspecified atom stereocenters. The number of alkyl carbamates (subject to hydrolysis) is 2. The molecule has 2 aromatic rings. The summed E-state index contributed by atoms with van der Waals surface area (Å²) in [5.74, 6) is -1.39. The van der Waals surface area contributed by atoms with Gasteiger partial charge in [0, 0.05) is 12.5 Å². The van der Waals surface area contributed by atoms with Crippen molar-refractivity contribution in [2.75, 3.05) is 13.2 Å². The van der Waals surface area contributed by atoms with Gasteiger partial charge in [-0.25, -0.2) is 14.4 Å². The highest BCUT2D eigenvalue weighted by Crippen LogP contribution is 2.44. The molecule has 0 saturated heterocycles. The lowest BCUT2D eigenvalue weighted by molar-refractivity contribution is -0.139. The highest BCUT2D eigenvalue weighted by molar-refractivity contribution is 5.81. The zero-order chi connectivity index (χ0) is 25.6. The van der Waals surface area contributed by atoms with Crippen molar-refractivity contribution in [2.45, 2.75) is 57.3 Å². The number of aliphatic hydroxyl groups is 1. The summed E-state index contributed by atoms with van der Waals surface area (Å²) < 4.78 is 10.5. The van der Waals surface area contributed by atoms with Gasteiger partial charge in [-0.2, -0.15) is 0 Å². The first kappa shape index (κ1) is 26.0. The summed E-state index contributed by atoms with van der Waals surface area (Å²) in [7, 11) is 0. The van der Waals surface area contributed by atoms with E-state index in [0.717, 1.165) is 22.3 Å². The Morgan fingerprint density at radius 2 is 1.51 bits per heavy atom. The lowest BCUT2D eigenvalue weighted by Gasteiger charge is -2.21. The predicted molar refractivity (Wildman–Crippen MR) is 129 cm³/mol. The number of hydrogen-bond acceptors (Lipinski definition) is 6. The van der Waals surface area contributed by atoms with Crippen LogP contribution in [-0.2, 0) is 14.3 Å². The maximum Gasteiger partial charge on any atom is 0.407 e. The van der Waals surface area contributed by atoms with Crippen molar-refractivity contribution in [1.29, 1.82) is 0 Å². The second kappa shape index (κ2) is 11.2. The van der Waals surface area contributed by atoms with Gasteiger partial charge in [-0.05, 0) is 55.9 Å². The van der Waals surface area contributed by atoms with Crippen molar-refractivity contribution in [2.24, 2.45) is 0 Å². The number of fused-ring (bicyclic) bond motifs is 3. The molecular formula is C26H32N2O7. The number of amides is 2. The molecule has 3 rings (SSSR count). The molecule has 0 aromatic heterocycles. The predicted octanol–water partition coefficient (Wildman–Crippen LogP) is 3.64.